The second-order valence-electron chi connectivity index (χ2n) is 9.66. The van der Waals surface area contributed by atoms with E-state index in [-0.39, 0.29) is 34.6 Å². The highest BCUT2D eigenvalue weighted by atomic mass is 16.6. The van der Waals surface area contributed by atoms with Crippen LogP contribution < -0.4 is 0 Å². The summed E-state index contributed by atoms with van der Waals surface area (Å²) in [4.78, 5) is 39.0. The number of rotatable bonds is 14. The first-order valence-corrected chi connectivity index (χ1v) is 13.3. The number of aliphatic hydroxyl groups excluding tert-OH is 2. The van der Waals surface area contributed by atoms with E-state index in [0.29, 0.717) is 6.42 Å². The topological polar surface area (TPSA) is 150 Å². The molecule has 11 nitrogen and oxygen atoms in total. The van der Waals surface area contributed by atoms with E-state index in [2.05, 4.69) is 18.7 Å². The Morgan fingerprint density at radius 2 is 1.51 bits per heavy atom. The Labute approximate surface area is 227 Å². The van der Waals surface area contributed by atoms with Crippen molar-refractivity contribution in [3.05, 3.63) is 85.5 Å². The van der Waals surface area contributed by atoms with Crippen molar-refractivity contribution >= 4 is 22.9 Å². The van der Waals surface area contributed by atoms with Gasteiger partial charge >= 0.3 is 0 Å². The number of hydrogen-bond donors (Lipinski definition) is 2. The number of unbranched alkanes of at least 4 members (excludes halogenated alkanes) is 2. The number of Topliss-reactive ketones (excluding diaryl/α,β-unsaturated/α-hetero) is 1. The number of hydrogen-bond acceptors (Lipinski definition) is 9. The molecule has 0 aliphatic carbocycles. The minimum Gasteiger partial charge on any atom is -0.507 e. The van der Waals surface area contributed by atoms with Gasteiger partial charge in [0.15, 0.2) is 6.23 Å². The number of nitro groups is 2. The first-order chi connectivity index (χ1) is 18.7. The van der Waals surface area contributed by atoms with Gasteiger partial charge in [0, 0.05) is 30.3 Å². The van der Waals surface area contributed by atoms with Crippen molar-refractivity contribution in [2.24, 2.45) is 0 Å². The van der Waals surface area contributed by atoms with Crippen molar-refractivity contribution in [1.29, 1.82) is 0 Å². The third-order valence-corrected chi connectivity index (χ3v) is 7.00. The number of para-hydroxylation sites is 1. The van der Waals surface area contributed by atoms with Gasteiger partial charge in [-0.05, 0) is 51.0 Å². The third-order valence-electron chi connectivity index (χ3n) is 7.00. The Hall–Kier alpha value is -3.67. The van der Waals surface area contributed by atoms with Crippen molar-refractivity contribution in [3.8, 4) is 0 Å². The Bertz CT molecular complexity index is 1190. The Kier molecular flexibility index (Phi) is 10.7. The summed E-state index contributed by atoms with van der Waals surface area (Å²) in [7, 11) is 0. The summed E-state index contributed by atoms with van der Waals surface area (Å²) in [5, 5.41) is 45.1. The van der Waals surface area contributed by atoms with Gasteiger partial charge in [0.1, 0.15) is 5.76 Å². The van der Waals surface area contributed by atoms with Crippen LogP contribution in [0.5, 0.6) is 0 Å². The number of nitro benzene ring substituents is 2. The van der Waals surface area contributed by atoms with Crippen LogP contribution in [0.15, 0.2) is 54.1 Å². The zero-order valence-corrected chi connectivity index (χ0v) is 22.4. The summed E-state index contributed by atoms with van der Waals surface area (Å²) in [5.41, 5.74) is -0.311. The maximum absolute atomic E-state index is 13.4. The average molecular weight is 541 g/mol. The molecule has 1 fully saturated rings. The molecule has 210 valence electrons. The molecule has 2 aromatic carbocycles. The molecule has 1 heterocycles. The van der Waals surface area contributed by atoms with Gasteiger partial charge in [0.2, 0.25) is 5.78 Å². The van der Waals surface area contributed by atoms with Crippen molar-refractivity contribution in [3.63, 3.8) is 0 Å². The summed E-state index contributed by atoms with van der Waals surface area (Å²) in [5.74, 6) is -1.24. The minimum absolute atomic E-state index is 0.131. The lowest BCUT2D eigenvalue weighted by atomic mass is 9.94. The molecule has 0 amide bonds. The van der Waals surface area contributed by atoms with Crippen molar-refractivity contribution in [2.45, 2.75) is 58.2 Å². The number of ketones is 1. The van der Waals surface area contributed by atoms with E-state index in [1.807, 2.05) is 0 Å². The zero-order chi connectivity index (χ0) is 28.5. The van der Waals surface area contributed by atoms with Crippen LogP contribution in [-0.2, 0) is 4.79 Å². The fraction of sp³-hybridized carbons (Fsp3) is 0.464. The van der Waals surface area contributed by atoms with E-state index < -0.39 is 33.7 Å². The SMILES string of the molecule is CCCCN(CCCC)CCCN1[C@H](O)C(=O)C(=C(O)c2ccc([N+](=O)[O-])cc2)[C@H]1c1ccccc1[N+](=O)[O-]. The van der Waals surface area contributed by atoms with E-state index >= 15 is 0 Å². The Morgan fingerprint density at radius 3 is 2.08 bits per heavy atom. The van der Waals surface area contributed by atoms with E-state index in [4.69, 9.17) is 0 Å². The highest BCUT2D eigenvalue weighted by Crippen LogP contribution is 2.44. The molecular formula is C28H36N4O7. The van der Waals surface area contributed by atoms with Crippen LogP contribution >= 0.6 is 0 Å². The van der Waals surface area contributed by atoms with Gasteiger partial charge in [0.25, 0.3) is 11.4 Å². The number of nitrogens with zero attached hydrogens (tertiary/aromatic N) is 4. The molecule has 2 aromatic rings. The molecule has 0 aromatic heterocycles. The van der Waals surface area contributed by atoms with Crippen molar-refractivity contribution in [2.75, 3.05) is 26.2 Å². The lowest BCUT2D eigenvalue weighted by Gasteiger charge is -2.28. The molecule has 1 aliphatic heterocycles. The number of carbonyl (C=O) groups excluding carboxylic acids is 1. The second kappa shape index (κ2) is 13.9. The van der Waals surface area contributed by atoms with Crippen LogP contribution in [0.1, 0.15) is 63.1 Å². The number of aliphatic hydroxyl groups is 2. The fourth-order valence-corrected chi connectivity index (χ4v) is 4.92. The zero-order valence-electron chi connectivity index (χ0n) is 22.4. The number of carbonyl (C=O) groups is 1. The Morgan fingerprint density at radius 1 is 0.923 bits per heavy atom. The molecule has 0 bridgehead atoms. The van der Waals surface area contributed by atoms with E-state index in [1.54, 1.807) is 6.07 Å². The lowest BCUT2D eigenvalue weighted by molar-refractivity contribution is -0.385. The third kappa shape index (κ3) is 7.05. The van der Waals surface area contributed by atoms with Crippen LogP contribution in [-0.4, -0.2) is 68.0 Å². The van der Waals surface area contributed by atoms with Gasteiger partial charge in [-0.3, -0.25) is 29.9 Å². The molecule has 2 N–H and O–H groups in total. The summed E-state index contributed by atoms with van der Waals surface area (Å²) in [6.45, 7) is 7.14. The largest absolute Gasteiger partial charge is 0.507 e. The van der Waals surface area contributed by atoms with Crippen LogP contribution in [0.25, 0.3) is 5.76 Å². The molecule has 0 saturated carbocycles. The predicted molar refractivity (Wildman–Crippen MR) is 147 cm³/mol. The predicted octanol–water partition coefficient (Wildman–Crippen LogP) is 5.01. The van der Waals surface area contributed by atoms with E-state index in [0.717, 1.165) is 45.3 Å². The summed E-state index contributed by atoms with van der Waals surface area (Å²) in [6.07, 6.45) is 3.24. The summed E-state index contributed by atoms with van der Waals surface area (Å²) >= 11 is 0. The molecule has 2 atom stereocenters. The van der Waals surface area contributed by atoms with E-state index in [1.165, 1.54) is 47.4 Å². The lowest BCUT2D eigenvalue weighted by Crippen LogP contribution is -2.37. The van der Waals surface area contributed by atoms with Gasteiger partial charge in [-0.2, -0.15) is 0 Å². The van der Waals surface area contributed by atoms with Crippen LogP contribution in [0, 0.1) is 20.2 Å². The van der Waals surface area contributed by atoms with Crippen LogP contribution in [0.3, 0.4) is 0 Å². The van der Waals surface area contributed by atoms with Crippen molar-refractivity contribution in [1.82, 2.24) is 9.80 Å². The van der Waals surface area contributed by atoms with Gasteiger partial charge in [-0.1, -0.05) is 44.9 Å². The second-order valence-corrected chi connectivity index (χ2v) is 9.66. The number of likely N-dealkylation sites (tertiary alicyclic amines) is 1. The maximum atomic E-state index is 13.4. The quantitative estimate of drug-likeness (QED) is 0.146. The maximum Gasteiger partial charge on any atom is 0.274 e. The number of non-ortho nitro benzene ring substituents is 1. The molecule has 1 aliphatic rings. The van der Waals surface area contributed by atoms with Crippen molar-refractivity contribution < 1.29 is 24.9 Å². The Balaban J connectivity index is 2.01. The fourth-order valence-electron chi connectivity index (χ4n) is 4.92. The molecule has 0 spiro atoms. The first kappa shape index (κ1) is 29.9. The standard InChI is InChI=1S/C28H36N4O7/c1-3-5-16-29(17-6-4-2)18-9-19-30-25(22-10-7-8-11-23(22)32(38)39)24(27(34)28(30)35)26(33)20-12-14-21(15-13-20)31(36)37/h7-8,10-15,25,28,33,35H,3-6,9,16-19H2,1-2H3/t25-,28-/m1/s1. The molecule has 0 unspecified atom stereocenters. The van der Waals surface area contributed by atoms with Gasteiger partial charge in [0.05, 0.1) is 27.0 Å². The van der Waals surface area contributed by atoms with Crippen LogP contribution in [0.2, 0.25) is 0 Å². The molecule has 3 rings (SSSR count). The summed E-state index contributed by atoms with van der Waals surface area (Å²) < 4.78 is 0. The van der Waals surface area contributed by atoms with E-state index in [9.17, 15) is 35.2 Å². The monoisotopic (exact) mass is 540 g/mol. The average Bonchev–Trinajstić information content (AvgIpc) is 3.18. The smallest absolute Gasteiger partial charge is 0.274 e. The van der Waals surface area contributed by atoms with Gasteiger partial charge < -0.3 is 15.1 Å². The molecule has 0 radical (unpaired) electrons. The first-order valence-electron chi connectivity index (χ1n) is 13.3. The minimum atomic E-state index is -1.61. The van der Waals surface area contributed by atoms with Gasteiger partial charge in [-0.25, -0.2) is 0 Å². The molecule has 39 heavy (non-hydrogen) atoms. The normalized spacial score (nSPS) is 19.0. The number of benzene rings is 2. The molecular weight excluding hydrogens is 504 g/mol. The van der Waals surface area contributed by atoms with Crippen LogP contribution in [0.4, 0.5) is 11.4 Å². The highest BCUT2D eigenvalue weighted by Gasteiger charge is 2.48. The molecule has 1 saturated heterocycles. The molecule has 11 heteroatoms. The highest BCUT2D eigenvalue weighted by molar-refractivity contribution is 6.07. The van der Waals surface area contributed by atoms with Gasteiger partial charge in [-0.15, -0.1) is 0 Å². The summed E-state index contributed by atoms with van der Waals surface area (Å²) in [6, 6.07) is 9.87.